The molecule has 0 aromatic heterocycles. The second kappa shape index (κ2) is 11.4. The molecule has 0 aromatic rings. The Labute approximate surface area is 106 Å². The molecule has 96 valence electrons. The maximum Gasteiger partial charge on any atom is 0.178 e. The molecule has 0 unspecified atom stereocenters. The Balaban J connectivity index is 3.54. The molecule has 0 bridgehead atoms. The highest BCUT2D eigenvalue weighted by Gasteiger charge is 1.91. The first-order chi connectivity index (χ1) is 8.20. The van der Waals surface area contributed by atoms with Crippen molar-refractivity contribution in [1.29, 1.82) is 0 Å². The van der Waals surface area contributed by atoms with Crippen LogP contribution in [0.5, 0.6) is 0 Å². The summed E-state index contributed by atoms with van der Waals surface area (Å²) in [7, 11) is 0. The summed E-state index contributed by atoms with van der Waals surface area (Å²) >= 11 is 0. The standard InChI is InChI=1S/C16H26O/c1-4-6-7-8-9-10-11-12-13-16(17)14-15(3)5-2/h5,12-14H,2,4,6-11H2,1,3H3. The number of carbonyl (C=O) groups is 1. The lowest BCUT2D eigenvalue weighted by Gasteiger charge is -1.97. The number of ketones is 1. The quantitative estimate of drug-likeness (QED) is 0.295. The zero-order chi connectivity index (χ0) is 12.9. The SMILES string of the molecule is C=CC(C)=CC(=O)C=CCCCCCCCC. The fourth-order valence-corrected chi connectivity index (χ4v) is 1.57. The predicted octanol–water partition coefficient (Wildman–Crippen LogP) is 4.99. The van der Waals surface area contributed by atoms with Gasteiger partial charge in [0.05, 0.1) is 0 Å². The first-order valence-electron chi connectivity index (χ1n) is 6.72. The highest BCUT2D eigenvalue weighted by atomic mass is 16.1. The molecule has 0 aliphatic heterocycles. The Hall–Kier alpha value is -1.11. The van der Waals surface area contributed by atoms with Gasteiger partial charge in [-0.05, 0) is 37.5 Å². The molecule has 0 spiro atoms. The molecule has 1 heteroatoms. The number of hydrogen-bond donors (Lipinski definition) is 0. The molecular formula is C16H26O. The average molecular weight is 234 g/mol. The number of hydrogen-bond acceptors (Lipinski definition) is 1. The van der Waals surface area contributed by atoms with Crippen LogP contribution in [0.3, 0.4) is 0 Å². The topological polar surface area (TPSA) is 17.1 Å². The lowest BCUT2D eigenvalue weighted by atomic mass is 10.1. The predicted molar refractivity (Wildman–Crippen MR) is 76.1 cm³/mol. The summed E-state index contributed by atoms with van der Waals surface area (Å²) in [6, 6.07) is 0. The molecular weight excluding hydrogens is 208 g/mol. The number of allylic oxidation sites excluding steroid dienone is 5. The maximum absolute atomic E-state index is 11.4. The summed E-state index contributed by atoms with van der Waals surface area (Å²) in [6.45, 7) is 7.72. The highest BCUT2D eigenvalue weighted by molar-refractivity contribution is 5.99. The van der Waals surface area contributed by atoms with Gasteiger partial charge in [0, 0.05) is 0 Å². The third-order valence-electron chi connectivity index (χ3n) is 2.70. The number of rotatable bonds is 10. The van der Waals surface area contributed by atoms with Crippen molar-refractivity contribution >= 4 is 5.78 Å². The Morgan fingerprint density at radius 1 is 1.12 bits per heavy atom. The van der Waals surface area contributed by atoms with Gasteiger partial charge in [-0.25, -0.2) is 0 Å². The van der Waals surface area contributed by atoms with E-state index in [1.807, 2.05) is 13.0 Å². The minimum absolute atomic E-state index is 0.0633. The monoisotopic (exact) mass is 234 g/mol. The molecule has 0 saturated carbocycles. The first kappa shape index (κ1) is 15.9. The summed E-state index contributed by atoms with van der Waals surface area (Å²) in [5.74, 6) is 0.0633. The van der Waals surface area contributed by atoms with Crippen LogP contribution in [0.4, 0.5) is 0 Å². The van der Waals surface area contributed by atoms with Crippen LogP contribution in [0.1, 0.15) is 58.8 Å². The molecule has 0 radical (unpaired) electrons. The Kier molecular flexibility index (Phi) is 10.6. The highest BCUT2D eigenvalue weighted by Crippen LogP contribution is 2.07. The van der Waals surface area contributed by atoms with Gasteiger partial charge in [0.25, 0.3) is 0 Å². The van der Waals surface area contributed by atoms with Crippen molar-refractivity contribution in [3.05, 3.63) is 36.5 Å². The third-order valence-corrected chi connectivity index (χ3v) is 2.70. The minimum Gasteiger partial charge on any atom is -0.290 e. The van der Waals surface area contributed by atoms with Gasteiger partial charge in [-0.3, -0.25) is 4.79 Å². The van der Waals surface area contributed by atoms with Gasteiger partial charge >= 0.3 is 0 Å². The van der Waals surface area contributed by atoms with E-state index in [1.165, 1.54) is 38.5 Å². The van der Waals surface area contributed by atoms with E-state index in [2.05, 4.69) is 13.5 Å². The fourth-order valence-electron chi connectivity index (χ4n) is 1.57. The first-order valence-corrected chi connectivity index (χ1v) is 6.72. The van der Waals surface area contributed by atoms with E-state index in [0.29, 0.717) is 0 Å². The molecule has 0 amide bonds. The molecule has 0 N–H and O–H groups in total. The van der Waals surface area contributed by atoms with E-state index in [1.54, 1.807) is 18.2 Å². The van der Waals surface area contributed by atoms with Crippen molar-refractivity contribution < 1.29 is 4.79 Å². The van der Waals surface area contributed by atoms with Crippen molar-refractivity contribution in [2.75, 3.05) is 0 Å². The van der Waals surface area contributed by atoms with Gasteiger partial charge in [-0.2, -0.15) is 0 Å². The van der Waals surface area contributed by atoms with Crippen LogP contribution in [-0.4, -0.2) is 5.78 Å². The summed E-state index contributed by atoms with van der Waals surface area (Å²) in [5.41, 5.74) is 0.916. The van der Waals surface area contributed by atoms with Crippen LogP contribution < -0.4 is 0 Å². The molecule has 0 rings (SSSR count). The number of carbonyl (C=O) groups excluding carboxylic acids is 1. The number of unbranched alkanes of at least 4 members (excludes halogenated alkanes) is 6. The Morgan fingerprint density at radius 3 is 2.41 bits per heavy atom. The molecule has 0 aliphatic rings. The minimum atomic E-state index is 0.0633. The van der Waals surface area contributed by atoms with Gasteiger partial charge in [0.15, 0.2) is 5.78 Å². The van der Waals surface area contributed by atoms with Crippen LogP contribution in [-0.2, 0) is 4.79 Å². The van der Waals surface area contributed by atoms with Crippen LogP contribution in [0.15, 0.2) is 36.5 Å². The zero-order valence-electron chi connectivity index (χ0n) is 11.4. The lowest BCUT2D eigenvalue weighted by Crippen LogP contribution is -1.86. The molecule has 0 saturated heterocycles. The smallest absolute Gasteiger partial charge is 0.178 e. The van der Waals surface area contributed by atoms with E-state index >= 15 is 0 Å². The third kappa shape index (κ3) is 11.2. The average Bonchev–Trinajstić information content (AvgIpc) is 2.32. The second-order valence-electron chi connectivity index (χ2n) is 4.45. The van der Waals surface area contributed by atoms with Crippen LogP contribution in [0, 0.1) is 0 Å². The van der Waals surface area contributed by atoms with E-state index in [0.717, 1.165) is 12.0 Å². The van der Waals surface area contributed by atoms with Crippen molar-refractivity contribution in [3.8, 4) is 0 Å². The molecule has 17 heavy (non-hydrogen) atoms. The van der Waals surface area contributed by atoms with Crippen molar-refractivity contribution in [2.24, 2.45) is 0 Å². The molecule has 0 atom stereocenters. The van der Waals surface area contributed by atoms with Gasteiger partial charge in [-0.15, -0.1) is 0 Å². The van der Waals surface area contributed by atoms with Crippen molar-refractivity contribution in [2.45, 2.75) is 58.8 Å². The van der Waals surface area contributed by atoms with E-state index < -0.39 is 0 Å². The van der Waals surface area contributed by atoms with Gasteiger partial charge < -0.3 is 0 Å². The second-order valence-corrected chi connectivity index (χ2v) is 4.45. The zero-order valence-corrected chi connectivity index (χ0v) is 11.4. The van der Waals surface area contributed by atoms with E-state index in [4.69, 9.17) is 0 Å². The summed E-state index contributed by atoms with van der Waals surface area (Å²) < 4.78 is 0. The summed E-state index contributed by atoms with van der Waals surface area (Å²) in [4.78, 5) is 11.4. The van der Waals surface area contributed by atoms with Gasteiger partial charge in [-0.1, -0.05) is 57.8 Å². The van der Waals surface area contributed by atoms with Crippen molar-refractivity contribution in [3.63, 3.8) is 0 Å². The van der Waals surface area contributed by atoms with Crippen LogP contribution in [0.2, 0.25) is 0 Å². The normalized spacial score (nSPS) is 12.0. The van der Waals surface area contributed by atoms with Crippen molar-refractivity contribution in [1.82, 2.24) is 0 Å². The summed E-state index contributed by atoms with van der Waals surface area (Å²) in [5, 5.41) is 0. The largest absolute Gasteiger partial charge is 0.290 e. The molecule has 0 fully saturated rings. The molecule has 0 aliphatic carbocycles. The van der Waals surface area contributed by atoms with Gasteiger partial charge in [0.2, 0.25) is 0 Å². The molecule has 0 aromatic carbocycles. The van der Waals surface area contributed by atoms with Crippen LogP contribution >= 0.6 is 0 Å². The Morgan fingerprint density at radius 2 is 1.76 bits per heavy atom. The maximum atomic E-state index is 11.4. The lowest BCUT2D eigenvalue weighted by molar-refractivity contribution is -0.110. The van der Waals surface area contributed by atoms with E-state index in [9.17, 15) is 4.79 Å². The van der Waals surface area contributed by atoms with Crippen LogP contribution in [0.25, 0.3) is 0 Å². The van der Waals surface area contributed by atoms with Gasteiger partial charge in [0.1, 0.15) is 0 Å². The Bertz CT molecular complexity index is 271. The summed E-state index contributed by atoms with van der Waals surface area (Å²) in [6.07, 6.45) is 15.8. The molecule has 0 heterocycles. The molecule has 1 nitrogen and oxygen atoms in total. The van der Waals surface area contributed by atoms with E-state index in [-0.39, 0.29) is 5.78 Å². The fraction of sp³-hybridized carbons (Fsp3) is 0.562.